The molecule has 0 saturated carbocycles. The number of likely N-dealkylation sites (tertiary alicyclic amines) is 1. The first-order chi connectivity index (χ1) is 27.0. The van der Waals surface area contributed by atoms with Crippen molar-refractivity contribution in [1.29, 1.82) is 0 Å². The molecule has 0 radical (unpaired) electrons. The summed E-state index contributed by atoms with van der Waals surface area (Å²) >= 11 is 0. The van der Waals surface area contributed by atoms with Gasteiger partial charge in [0.1, 0.15) is 24.9 Å². The molecule has 2 fully saturated rings. The number of esters is 1. The molecule has 0 aromatic rings. The first-order valence-electron chi connectivity index (χ1n) is 23.3. The van der Waals surface area contributed by atoms with Crippen LogP contribution >= 0.6 is 0 Å². The number of nitrogens with zero attached hydrogens (tertiary/aromatic N) is 1. The number of hydrogen-bond donors (Lipinski definition) is 0. The zero-order valence-corrected chi connectivity index (χ0v) is 36.5. The molecule has 0 N–H and O–H groups in total. The van der Waals surface area contributed by atoms with Crippen molar-refractivity contribution in [2.45, 2.75) is 206 Å². The van der Waals surface area contributed by atoms with Crippen LogP contribution in [0.1, 0.15) is 188 Å². The molecule has 0 aromatic heterocycles. The van der Waals surface area contributed by atoms with Crippen LogP contribution in [0.15, 0.2) is 48.6 Å². The molecule has 6 nitrogen and oxygen atoms in total. The van der Waals surface area contributed by atoms with E-state index >= 15 is 0 Å². The van der Waals surface area contributed by atoms with Gasteiger partial charge in [-0.3, -0.25) is 4.79 Å². The molecule has 0 aliphatic carbocycles. The third-order valence-electron chi connectivity index (χ3n) is 11.3. The Labute approximate surface area is 340 Å². The molecule has 0 amide bonds. The van der Waals surface area contributed by atoms with Crippen molar-refractivity contribution in [3.63, 3.8) is 0 Å². The second-order valence-electron chi connectivity index (χ2n) is 16.8. The average Bonchev–Trinajstić information content (AvgIpc) is 3.56. The van der Waals surface area contributed by atoms with E-state index in [2.05, 4.69) is 74.4 Å². The lowest BCUT2D eigenvalue weighted by Gasteiger charge is -2.36. The van der Waals surface area contributed by atoms with Crippen LogP contribution in [0.2, 0.25) is 0 Å². The molecule has 318 valence electrons. The fraction of sp³-hybridized carbons (Fsp3) is 0.816. The molecule has 2 heterocycles. The molecule has 0 bridgehead atoms. The number of piperidine rings is 1. The van der Waals surface area contributed by atoms with Crippen LogP contribution in [0.25, 0.3) is 0 Å². The van der Waals surface area contributed by atoms with Gasteiger partial charge in [0.2, 0.25) is 0 Å². The van der Waals surface area contributed by atoms with Crippen molar-refractivity contribution in [2.24, 2.45) is 5.41 Å². The fourth-order valence-corrected chi connectivity index (χ4v) is 7.77. The van der Waals surface area contributed by atoms with Gasteiger partial charge in [0.15, 0.2) is 0 Å². The summed E-state index contributed by atoms with van der Waals surface area (Å²) in [6.07, 6.45) is 49.5. The van der Waals surface area contributed by atoms with Crippen LogP contribution in [0.5, 0.6) is 0 Å². The lowest BCUT2D eigenvalue weighted by molar-refractivity contribution is -0.163. The normalized spacial score (nSPS) is 22.4. The van der Waals surface area contributed by atoms with Crippen molar-refractivity contribution in [1.82, 2.24) is 4.90 Å². The van der Waals surface area contributed by atoms with Crippen molar-refractivity contribution in [2.75, 3.05) is 46.6 Å². The Morgan fingerprint density at radius 2 is 1.13 bits per heavy atom. The highest BCUT2D eigenvalue weighted by atomic mass is 16.6. The Morgan fingerprint density at radius 3 is 1.64 bits per heavy atom. The topological polar surface area (TPSA) is 57.2 Å². The summed E-state index contributed by atoms with van der Waals surface area (Å²) in [5.74, 6) is -0.114. The van der Waals surface area contributed by atoms with Crippen molar-refractivity contribution >= 4 is 5.97 Å². The molecule has 0 aromatic carbocycles. The van der Waals surface area contributed by atoms with Gasteiger partial charge in [-0.05, 0) is 110 Å². The van der Waals surface area contributed by atoms with Gasteiger partial charge in [-0.1, -0.05) is 140 Å². The van der Waals surface area contributed by atoms with Crippen LogP contribution in [0, 0.1) is 5.41 Å². The second kappa shape index (κ2) is 34.3. The van der Waals surface area contributed by atoms with E-state index in [0.29, 0.717) is 13.2 Å². The first-order valence-corrected chi connectivity index (χ1v) is 23.3. The Hall–Kier alpha value is -1.73. The van der Waals surface area contributed by atoms with Crippen molar-refractivity contribution in [3.05, 3.63) is 48.6 Å². The molecule has 2 rings (SSSR count). The standard InChI is InChI=1S/C49H87NO5/c1-5-7-9-11-13-15-17-19-21-23-25-27-29-31-33-35-40-52-45-42-54-46(43-55-48(51)49(3)38-37-39-50(4)44-49)47(45)53-41-36-34-32-30-28-26-24-22-20-18-16-14-12-10-8-6-2/h13-16,19-22,45-47H,5-12,17-18,23-44H2,1-4H3/b15-13-,16-14-,21-19-,22-20-/t45?,46-,47?,49?/m1/s1. The van der Waals surface area contributed by atoms with Gasteiger partial charge in [-0.15, -0.1) is 0 Å². The number of unbranched alkanes of at least 4 members (excludes halogenated alkanes) is 18. The molecular weight excluding hydrogens is 683 g/mol. The maximum atomic E-state index is 13.2. The van der Waals surface area contributed by atoms with E-state index in [0.717, 1.165) is 58.2 Å². The summed E-state index contributed by atoms with van der Waals surface area (Å²) in [7, 11) is 2.08. The fourth-order valence-electron chi connectivity index (χ4n) is 7.77. The zero-order chi connectivity index (χ0) is 39.5. The predicted octanol–water partition coefficient (Wildman–Crippen LogP) is 13.1. The summed E-state index contributed by atoms with van der Waals surface area (Å²) in [5.41, 5.74) is -0.458. The van der Waals surface area contributed by atoms with Crippen LogP contribution in [0.3, 0.4) is 0 Å². The van der Waals surface area contributed by atoms with Crippen LogP contribution in [-0.4, -0.2) is 75.7 Å². The van der Waals surface area contributed by atoms with Crippen molar-refractivity contribution in [3.8, 4) is 0 Å². The van der Waals surface area contributed by atoms with E-state index in [9.17, 15) is 4.79 Å². The summed E-state index contributed by atoms with van der Waals surface area (Å²) in [5, 5.41) is 0. The molecule has 6 heteroatoms. The first kappa shape index (κ1) is 49.4. The van der Waals surface area contributed by atoms with E-state index in [1.54, 1.807) is 0 Å². The monoisotopic (exact) mass is 770 g/mol. The molecule has 2 aliphatic heterocycles. The minimum atomic E-state index is -0.458. The van der Waals surface area contributed by atoms with Crippen molar-refractivity contribution < 1.29 is 23.7 Å². The second-order valence-corrected chi connectivity index (χ2v) is 16.8. The lowest BCUT2D eigenvalue weighted by atomic mass is 9.82. The number of ether oxygens (including phenoxy) is 4. The van der Waals surface area contributed by atoms with Crippen LogP contribution < -0.4 is 0 Å². The van der Waals surface area contributed by atoms with E-state index < -0.39 is 5.41 Å². The van der Waals surface area contributed by atoms with E-state index in [-0.39, 0.29) is 30.9 Å². The van der Waals surface area contributed by atoms with E-state index in [4.69, 9.17) is 18.9 Å². The maximum absolute atomic E-state index is 13.2. The molecule has 3 unspecified atom stereocenters. The lowest BCUT2D eigenvalue weighted by Crippen LogP contribution is -2.46. The number of carbonyl (C=O) groups excluding carboxylic acids is 1. The summed E-state index contributed by atoms with van der Waals surface area (Å²) in [6, 6.07) is 0. The molecule has 2 aliphatic rings. The highest BCUT2D eigenvalue weighted by Crippen LogP contribution is 2.31. The Morgan fingerprint density at radius 1 is 0.655 bits per heavy atom. The number of hydrogen-bond acceptors (Lipinski definition) is 6. The zero-order valence-electron chi connectivity index (χ0n) is 36.5. The average molecular weight is 770 g/mol. The number of carbonyl (C=O) groups is 1. The summed E-state index contributed by atoms with van der Waals surface area (Å²) < 4.78 is 25.0. The minimum absolute atomic E-state index is 0.109. The maximum Gasteiger partial charge on any atom is 0.313 e. The smallest absolute Gasteiger partial charge is 0.313 e. The third-order valence-corrected chi connectivity index (χ3v) is 11.3. The highest BCUT2D eigenvalue weighted by molar-refractivity contribution is 5.76. The van der Waals surface area contributed by atoms with Gasteiger partial charge in [0.25, 0.3) is 0 Å². The van der Waals surface area contributed by atoms with Gasteiger partial charge in [-0.25, -0.2) is 0 Å². The summed E-state index contributed by atoms with van der Waals surface area (Å²) in [6.45, 7) is 10.5. The van der Waals surface area contributed by atoms with Gasteiger partial charge >= 0.3 is 5.97 Å². The third kappa shape index (κ3) is 25.3. The largest absolute Gasteiger partial charge is 0.462 e. The summed E-state index contributed by atoms with van der Waals surface area (Å²) in [4.78, 5) is 15.4. The van der Waals surface area contributed by atoms with Gasteiger partial charge < -0.3 is 23.8 Å². The van der Waals surface area contributed by atoms with Crippen LogP contribution in [0.4, 0.5) is 0 Å². The SMILES string of the molecule is CCCCC/C=C\C/C=C\CCCCCCCCOC1CO[C@H](COC(=O)C2(C)CCCN(C)C2)C1OCCCCCCCC/C=C\C/C=C\CCCCC. The van der Waals surface area contributed by atoms with E-state index in [1.165, 1.54) is 128 Å². The molecule has 55 heavy (non-hydrogen) atoms. The van der Waals surface area contributed by atoms with Gasteiger partial charge in [0.05, 0.1) is 12.0 Å². The van der Waals surface area contributed by atoms with Gasteiger partial charge in [-0.2, -0.15) is 0 Å². The molecule has 2 saturated heterocycles. The highest BCUT2D eigenvalue weighted by Gasteiger charge is 2.42. The van der Waals surface area contributed by atoms with Gasteiger partial charge in [0, 0.05) is 19.8 Å². The quantitative estimate of drug-likeness (QED) is 0.0363. The molecule has 4 atom stereocenters. The Bertz CT molecular complexity index is 1020. The number of rotatable bonds is 35. The predicted molar refractivity (Wildman–Crippen MR) is 234 cm³/mol. The molecular formula is C49H87NO5. The Balaban J connectivity index is 1.62. The minimum Gasteiger partial charge on any atom is -0.462 e. The van der Waals surface area contributed by atoms with E-state index in [1.807, 2.05) is 6.92 Å². The Kier molecular flexibility index (Phi) is 30.8. The number of allylic oxidation sites excluding steroid dienone is 8. The van der Waals surface area contributed by atoms with Crippen LogP contribution in [-0.2, 0) is 23.7 Å². The molecule has 0 spiro atoms.